The van der Waals surface area contributed by atoms with Crippen LogP contribution in [0.4, 0.5) is 5.13 Å². The number of nitrogens with zero attached hydrogens (tertiary/aromatic N) is 3. The minimum atomic E-state index is -0.0420. The standard InChI is InChI=1S/C20H21N3O3S/c1-13-5-4-6-14(9-13)19(24)23(8-7-22(2)3)20-21-15-10-16-17(26-12-25-16)11-18(15)27-20/h4-6,9-11H,7-8,12H2,1-3H3. The van der Waals surface area contributed by atoms with E-state index in [2.05, 4.69) is 4.90 Å². The van der Waals surface area contributed by atoms with Crippen LogP contribution in [0.5, 0.6) is 11.5 Å². The summed E-state index contributed by atoms with van der Waals surface area (Å²) in [5.74, 6) is 1.38. The molecule has 7 heteroatoms. The number of fused-ring (bicyclic) bond motifs is 2. The van der Waals surface area contributed by atoms with Crippen LogP contribution in [0.1, 0.15) is 15.9 Å². The molecule has 6 nitrogen and oxygen atoms in total. The number of thiazole rings is 1. The number of hydrogen-bond donors (Lipinski definition) is 0. The van der Waals surface area contributed by atoms with Crippen LogP contribution < -0.4 is 14.4 Å². The molecule has 0 bridgehead atoms. The number of ether oxygens (including phenoxy) is 2. The van der Waals surface area contributed by atoms with Crippen LogP contribution >= 0.6 is 11.3 Å². The lowest BCUT2D eigenvalue weighted by molar-refractivity contribution is 0.0985. The van der Waals surface area contributed by atoms with Crippen LogP contribution in [0.25, 0.3) is 10.2 Å². The summed E-state index contributed by atoms with van der Waals surface area (Å²) in [5, 5.41) is 0.682. The molecule has 0 fully saturated rings. The van der Waals surface area contributed by atoms with Gasteiger partial charge in [0, 0.05) is 30.8 Å². The first-order chi connectivity index (χ1) is 13.0. The number of carbonyl (C=O) groups is 1. The molecule has 2 aromatic carbocycles. The molecule has 0 aliphatic carbocycles. The van der Waals surface area contributed by atoms with Crippen LogP contribution in [-0.4, -0.2) is 49.8 Å². The number of aromatic nitrogens is 1. The molecule has 1 amide bonds. The predicted octanol–water partition coefficient (Wildman–Crippen LogP) is 3.54. The molecule has 0 spiro atoms. The van der Waals surface area contributed by atoms with Gasteiger partial charge in [-0.1, -0.05) is 29.0 Å². The quantitative estimate of drug-likeness (QED) is 0.675. The Labute approximate surface area is 161 Å². The first-order valence-electron chi connectivity index (χ1n) is 8.75. The molecule has 0 radical (unpaired) electrons. The topological polar surface area (TPSA) is 54.9 Å². The molecular formula is C20H21N3O3S. The van der Waals surface area contributed by atoms with Crippen LogP contribution in [0.3, 0.4) is 0 Å². The fourth-order valence-electron chi connectivity index (χ4n) is 2.94. The van der Waals surface area contributed by atoms with Crippen molar-refractivity contribution in [2.45, 2.75) is 6.92 Å². The van der Waals surface area contributed by atoms with Crippen molar-refractivity contribution in [3.63, 3.8) is 0 Å². The second-order valence-electron chi connectivity index (χ2n) is 6.80. The summed E-state index contributed by atoms with van der Waals surface area (Å²) in [6.45, 7) is 3.53. The van der Waals surface area contributed by atoms with Gasteiger partial charge in [0.25, 0.3) is 5.91 Å². The highest BCUT2D eigenvalue weighted by molar-refractivity contribution is 7.22. The van der Waals surface area contributed by atoms with Gasteiger partial charge in [-0.25, -0.2) is 4.98 Å². The van der Waals surface area contributed by atoms with E-state index >= 15 is 0 Å². The van der Waals surface area contributed by atoms with Crippen molar-refractivity contribution in [2.75, 3.05) is 38.9 Å². The van der Waals surface area contributed by atoms with Gasteiger partial charge in [0.05, 0.1) is 10.2 Å². The van der Waals surface area contributed by atoms with Gasteiger partial charge in [-0.05, 0) is 33.2 Å². The summed E-state index contributed by atoms with van der Waals surface area (Å²) in [6.07, 6.45) is 0. The Balaban J connectivity index is 1.71. The van der Waals surface area contributed by atoms with Crippen LogP contribution in [0.15, 0.2) is 36.4 Å². The van der Waals surface area contributed by atoms with E-state index in [0.717, 1.165) is 28.1 Å². The van der Waals surface area contributed by atoms with Gasteiger partial charge in [-0.3, -0.25) is 9.69 Å². The van der Waals surface area contributed by atoms with E-state index in [1.807, 2.05) is 57.4 Å². The summed E-state index contributed by atoms with van der Waals surface area (Å²) in [4.78, 5) is 21.7. The number of rotatable bonds is 5. The molecular weight excluding hydrogens is 362 g/mol. The largest absolute Gasteiger partial charge is 0.454 e. The monoisotopic (exact) mass is 383 g/mol. The van der Waals surface area contributed by atoms with Crippen molar-refractivity contribution >= 4 is 32.6 Å². The Morgan fingerprint density at radius 1 is 1.15 bits per heavy atom. The predicted molar refractivity (Wildman–Crippen MR) is 107 cm³/mol. The molecule has 0 unspecified atom stereocenters. The minimum Gasteiger partial charge on any atom is -0.454 e. The number of hydrogen-bond acceptors (Lipinski definition) is 6. The fourth-order valence-corrected chi connectivity index (χ4v) is 3.94. The molecule has 0 atom stereocenters. The molecule has 140 valence electrons. The third-order valence-electron chi connectivity index (χ3n) is 4.38. The van der Waals surface area contributed by atoms with Gasteiger partial charge in [0.2, 0.25) is 6.79 Å². The Hall–Kier alpha value is -2.64. The van der Waals surface area contributed by atoms with Gasteiger partial charge >= 0.3 is 0 Å². The maximum absolute atomic E-state index is 13.2. The molecule has 27 heavy (non-hydrogen) atoms. The van der Waals surface area contributed by atoms with E-state index in [-0.39, 0.29) is 12.7 Å². The van der Waals surface area contributed by atoms with Crippen molar-refractivity contribution < 1.29 is 14.3 Å². The van der Waals surface area contributed by atoms with Crippen molar-refractivity contribution in [3.05, 3.63) is 47.5 Å². The third-order valence-corrected chi connectivity index (χ3v) is 5.42. The average Bonchev–Trinajstić information content (AvgIpc) is 3.24. The molecule has 0 saturated heterocycles. The van der Waals surface area contributed by atoms with E-state index in [1.54, 1.807) is 4.90 Å². The SMILES string of the molecule is Cc1cccc(C(=O)N(CCN(C)C)c2nc3cc4c(cc3s2)OCO4)c1. The second kappa shape index (κ2) is 7.17. The zero-order valence-corrected chi connectivity index (χ0v) is 16.4. The Morgan fingerprint density at radius 3 is 2.67 bits per heavy atom. The molecule has 0 saturated carbocycles. The first-order valence-corrected chi connectivity index (χ1v) is 9.56. The number of anilines is 1. The summed E-state index contributed by atoms with van der Waals surface area (Å²) in [5.41, 5.74) is 2.54. The summed E-state index contributed by atoms with van der Waals surface area (Å²) < 4.78 is 11.9. The number of likely N-dealkylation sites (N-methyl/N-ethyl adjacent to an activating group) is 1. The van der Waals surface area contributed by atoms with Gasteiger partial charge in [-0.15, -0.1) is 0 Å². The normalized spacial score (nSPS) is 12.7. The van der Waals surface area contributed by atoms with E-state index in [9.17, 15) is 4.79 Å². The highest BCUT2D eigenvalue weighted by Gasteiger charge is 2.23. The lowest BCUT2D eigenvalue weighted by atomic mass is 10.1. The fraction of sp³-hybridized carbons (Fsp3) is 0.300. The zero-order chi connectivity index (χ0) is 19.0. The summed E-state index contributed by atoms with van der Waals surface area (Å²) in [7, 11) is 3.99. The lowest BCUT2D eigenvalue weighted by Gasteiger charge is -2.22. The number of amides is 1. The Bertz CT molecular complexity index is 958. The maximum Gasteiger partial charge on any atom is 0.260 e. The first kappa shape index (κ1) is 17.8. The Morgan fingerprint density at radius 2 is 1.93 bits per heavy atom. The van der Waals surface area contributed by atoms with Crippen molar-refractivity contribution in [2.24, 2.45) is 0 Å². The highest BCUT2D eigenvalue weighted by atomic mass is 32.1. The molecule has 3 aromatic rings. The average molecular weight is 383 g/mol. The van der Waals surface area contributed by atoms with E-state index < -0.39 is 0 Å². The minimum absolute atomic E-state index is 0.0420. The van der Waals surface area contributed by atoms with Crippen LogP contribution in [-0.2, 0) is 0 Å². The zero-order valence-electron chi connectivity index (χ0n) is 15.6. The summed E-state index contributed by atoms with van der Waals surface area (Å²) >= 11 is 1.49. The highest BCUT2D eigenvalue weighted by Crippen LogP contribution is 2.40. The molecule has 0 N–H and O–H groups in total. The molecule has 2 heterocycles. The van der Waals surface area contributed by atoms with Crippen molar-refractivity contribution in [1.29, 1.82) is 0 Å². The molecule has 4 rings (SSSR count). The van der Waals surface area contributed by atoms with Gasteiger partial charge in [0.15, 0.2) is 16.6 Å². The molecule has 1 aromatic heterocycles. The summed E-state index contributed by atoms with van der Waals surface area (Å²) in [6, 6.07) is 11.5. The van der Waals surface area contributed by atoms with Crippen LogP contribution in [0.2, 0.25) is 0 Å². The number of aryl methyl sites for hydroxylation is 1. The van der Waals surface area contributed by atoms with Crippen molar-refractivity contribution in [3.8, 4) is 11.5 Å². The third kappa shape index (κ3) is 3.61. The van der Waals surface area contributed by atoms with Gasteiger partial charge < -0.3 is 14.4 Å². The molecule has 1 aliphatic heterocycles. The smallest absolute Gasteiger partial charge is 0.260 e. The van der Waals surface area contributed by atoms with Gasteiger partial charge in [-0.2, -0.15) is 0 Å². The number of carbonyl (C=O) groups excluding carboxylic acids is 1. The lowest BCUT2D eigenvalue weighted by Crippen LogP contribution is -2.36. The molecule has 1 aliphatic rings. The number of benzene rings is 2. The second-order valence-corrected chi connectivity index (χ2v) is 7.81. The van der Waals surface area contributed by atoms with E-state index in [4.69, 9.17) is 14.5 Å². The van der Waals surface area contributed by atoms with Crippen molar-refractivity contribution in [1.82, 2.24) is 9.88 Å². The van der Waals surface area contributed by atoms with Crippen LogP contribution in [0, 0.1) is 6.92 Å². The van der Waals surface area contributed by atoms with Gasteiger partial charge in [0.1, 0.15) is 0 Å². The van der Waals surface area contributed by atoms with E-state index in [0.29, 0.717) is 23.0 Å². The Kier molecular flexibility index (Phi) is 4.72. The maximum atomic E-state index is 13.2. The van der Waals surface area contributed by atoms with E-state index in [1.165, 1.54) is 11.3 Å².